The van der Waals surface area contributed by atoms with E-state index in [1.165, 1.54) is 16.7 Å². The highest BCUT2D eigenvalue weighted by Gasteiger charge is 2.24. The summed E-state index contributed by atoms with van der Waals surface area (Å²) in [6, 6.07) is 14.5. The van der Waals surface area contributed by atoms with Gasteiger partial charge in [0.25, 0.3) is 0 Å². The molecular formula is C18H21NO2. The van der Waals surface area contributed by atoms with Crippen LogP contribution in [0.1, 0.15) is 22.6 Å². The van der Waals surface area contributed by atoms with E-state index in [9.17, 15) is 0 Å². The minimum atomic E-state index is 0.309. The van der Waals surface area contributed by atoms with Gasteiger partial charge in [0.15, 0.2) is 0 Å². The number of hydrogen-bond donors (Lipinski definition) is 1. The zero-order chi connectivity index (χ0) is 14.7. The second-order valence-electron chi connectivity index (χ2n) is 5.45. The molecule has 0 bridgehead atoms. The molecule has 0 fully saturated rings. The Morgan fingerprint density at radius 1 is 1.19 bits per heavy atom. The first-order valence-corrected chi connectivity index (χ1v) is 7.37. The minimum Gasteiger partial charge on any atom is -0.493 e. The summed E-state index contributed by atoms with van der Waals surface area (Å²) >= 11 is 0. The van der Waals surface area contributed by atoms with Crippen LogP contribution in [0.3, 0.4) is 0 Å². The van der Waals surface area contributed by atoms with Gasteiger partial charge in [-0.1, -0.05) is 36.4 Å². The third-order valence-corrected chi connectivity index (χ3v) is 3.89. The summed E-state index contributed by atoms with van der Waals surface area (Å²) < 4.78 is 11.9. The summed E-state index contributed by atoms with van der Waals surface area (Å²) in [7, 11) is 1.95. The van der Waals surface area contributed by atoms with Gasteiger partial charge in [0.05, 0.1) is 19.1 Å². The molecule has 1 aliphatic rings. The van der Waals surface area contributed by atoms with Gasteiger partial charge in [0.1, 0.15) is 11.5 Å². The maximum absolute atomic E-state index is 6.14. The van der Waals surface area contributed by atoms with Crippen LogP contribution in [0.5, 0.6) is 11.5 Å². The van der Waals surface area contributed by atoms with Crippen molar-refractivity contribution in [2.45, 2.75) is 19.4 Å². The monoisotopic (exact) mass is 283 g/mol. The van der Waals surface area contributed by atoms with Gasteiger partial charge in [-0.2, -0.15) is 0 Å². The first-order chi connectivity index (χ1) is 10.3. The SMILES string of the molecule is CNCc1cccc(C)c1OCC1COc2ccccc21. The number of ether oxygens (including phenoxy) is 2. The van der Waals surface area contributed by atoms with Crippen molar-refractivity contribution in [1.29, 1.82) is 0 Å². The molecule has 1 atom stereocenters. The lowest BCUT2D eigenvalue weighted by atomic mass is 10.0. The van der Waals surface area contributed by atoms with E-state index in [0.717, 1.165) is 18.0 Å². The molecule has 1 N–H and O–H groups in total. The maximum Gasteiger partial charge on any atom is 0.126 e. The van der Waals surface area contributed by atoms with E-state index in [2.05, 4.69) is 42.6 Å². The molecule has 21 heavy (non-hydrogen) atoms. The van der Waals surface area contributed by atoms with Crippen LogP contribution in [0.2, 0.25) is 0 Å². The lowest BCUT2D eigenvalue weighted by Gasteiger charge is -2.16. The van der Waals surface area contributed by atoms with Gasteiger partial charge in [-0.05, 0) is 25.6 Å². The van der Waals surface area contributed by atoms with Gasteiger partial charge in [0.2, 0.25) is 0 Å². The molecule has 2 aromatic carbocycles. The lowest BCUT2D eigenvalue weighted by molar-refractivity contribution is 0.245. The Balaban J connectivity index is 1.74. The van der Waals surface area contributed by atoms with Gasteiger partial charge in [0, 0.05) is 17.7 Å². The zero-order valence-electron chi connectivity index (χ0n) is 12.6. The number of rotatable bonds is 5. The van der Waals surface area contributed by atoms with E-state index >= 15 is 0 Å². The fourth-order valence-electron chi connectivity index (χ4n) is 2.80. The number of benzene rings is 2. The lowest BCUT2D eigenvalue weighted by Crippen LogP contribution is -2.14. The maximum atomic E-state index is 6.14. The fourth-order valence-corrected chi connectivity index (χ4v) is 2.80. The molecule has 0 radical (unpaired) electrons. The third kappa shape index (κ3) is 2.88. The number of nitrogens with one attached hydrogen (secondary N) is 1. The second-order valence-corrected chi connectivity index (χ2v) is 5.45. The summed E-state index contributed by atoms with van der Waals surface area (Å²) in [6.45, 7) is 4.26. The molecule has 0 amide bonds. The van der Waals surface area contributed by atoms with Crippen molar-refractivity contribution in [3.63, 3.8) is 0 Å². The Morgan fingerprint density at radius 2 is 2.05 bits per heavy atom. The first kappa shape index (κ1) is 14.0. The Kier molecular flexibility index (Phi) is 4.11. The van der Waals surface area contributed by atoms with Crippen LogP contribution in [0.25, 0.3) is 0 Å². The van der Waals surface area contributed by atoms with E-state index in [-0.39, 0.29) is 0 Å². The zero-order valence-corrected chi connectivity index (χ0v) is 12.6. The van der Waals surface area contributed by atoms with Crippen molar-refractivity contribution < 1.29 is 9.47 Å². The molecule has 0 saturated carbocycles. The molecule has 110 valence electrons. The van der Waals surface area contributed by atoms with E-state index in [4.69, 9.17) is 9.47 Å². The van der Waals surface area contributed by atoms with Crippen molar-refractivity contribution in [2.24, 2.45) is 0 Å². The van der Waals surface area contributed by atoms with Gasteiger partial charge >= 0.3 is 0 Å². The minimum absolute atomic E-state index is 0.309. The summed E-state index contributed by atoms with van der Waals surface area (Å²) in [6.07, 6.45) is 0. The quantitative estimate of drug-likeness (QED) is 0.913. The van der Waals surface area contributed by atoms with Crippen molar-refractivity contribution >= 4 is 0 Å². The van der Waals surface area contributed by atoms with Crippen LogP contribution in [0, 0.1) is 6.92 Å². The summed E-state index contributed by atoms with van der Waals surface area (Å²) in [5.41, 5.74) is 3.63. The average molecular weight is 283 g/mol. The topological polar surface area (TPSA) is 30.5 Å². The average Bonchev–Trinajstić information content (AvgIpc) is 2.90. The van der Waals surface area contributed by atoms with Crippen LogP contribution >= 0.6 is 0 Å². The molecule has 1 unspecified atom stereocenters. The second kappa shape index (κ2) is 6.19. The molecule has 1 heterocycles. The number of fused-ring (bicyclic) bond motifs is 1. The number of para-hydroxylation sites is 2. The van der Waals surface area contributed by atoms with Crippen molar-refractivity contribution in [3.8, 4) is 11.5 Å². The molecule has 3 rings (SSSR count). The van der Waals surface area contributed by atoms with Crippen molar-refractivity contribution in [3.05, 3.63) is 59.2 Å². The molecule has 3 nitrogen and oxygen atoms in total. The molecule has 1 aliphatic heterocycles. The van der Waals surface area contributed by atoms with E-state index in [1.54, 1.807) is 0 Å². The van der Waals surface area contributed by atoms with Crippen LogP contribution in [-0.2, 0) is 6.54 Å². The highest BCUT2D eigenvalue weighted by molar-refractivity contribution is 5.42. The standard InChI is InChI=1S/C18H21NO2/c1-13-6-5-7-14(10-19-2)18(13)21-12-15-11-20-17-9-4-3-8-16(15)17/h3-9,15,19H,10-12H2,1-2H3. The van der Waals surface area contributed by atoms with Crippen molar-refractivity contribution in [2.75, 3.05) is 20.3 Å². The predicted octanol–water partition coefficient (Wildman–Crippen LogP) is 3.27. The third-order valence-electron chi connectivity index (χ3n) is 3.89. The van der Waals surface area contributed by atoms with E-state index in [1.807, 2.05) is 19.2 Å². The van der Waals surface area contributed by atoms with Gasteiger partial charge < -0.3 is 14.8 Å². The summed E-state index contributed by atoms with van der Waals surface area (Å²) in [5.74, 6) is 2.30. The Bertz CT molecular complexity index is 624. The molecular weight excluding hydrogens is 262 g/mol. The Labute approximate surface area is 125 Å². The fraction of sp³-hybridized carbons (Fsp3) is 0.333. The van der Waals surface area contributed by atoms with Crippen LogP contribution in [0.4, 0.5) is 0 Å². The largest absolute Gasteiger partial charge is 0.493 e. The Hall–Kier alpha value is -2.00. The highest BCUT2D eigenvalue weighted by atomic mass is 16.5. The normalized spacial score (nSPS) is 16.4. The highest BCUT2D eigenvalue weighted by Crippen LogP contribution is 2.34. The molecule has 2 aromatic rings. The Morgan fingerprint density at radius 3 is 2.90 bits per heavy atom. The van der Waals surface area contributed by atoms with E-state index in [0.29, 0.717) is 19.1 Å². The summed E-state index contributed by atoms with van der Waals surface area (Å²) in [4.78, 5) is 0. The molecule has 0 aromatic heterocycles. The van der Waals surface area contributed by atoms with Gasteiger partial charge in [-0.25, -0.2) is 0 Å². The van der Waals surface area contributed by atoms with E-state index < -0.39 is 0 Å². The smallest absolute Gasteiger partial charge is 0.126 e. The molecule has 0 spiro atoms. The number of hydrogen-bond acceptors (Lipinski definition) is 3. The van der Waals surface area contributed by atoms with Gasteiger partial charge in [-0.3, -0.25) is 0 Å². The van der Waals surface area contributed by atoms with Gasteiger partial charge in [-0.15, -0.1) is 0 Å². The summed E-state index contributed by atoms with van der Waals surface area (Å²) in [5, 5.41) is 3.19. The molecule has 3 heteroatoms. The van der Waals surface area contributed by atoms with Crippen molar-refractivity contribution in [1.82, 2.24) is 5.32 Å². The van der Waals surface area contributed by atoms with Crippen LogP contribution in [0.15, 0.2) is 42.5 Å². The molecule has 0 aliphatic carbocycles. The first-order valence-electron chi connectivity index (χ1n) is 7.37. The van der Waals surface area contributed by atoms with Crippen LogP contribution in [-0.4, -0.2) is 20.3 Å². The number of aryl methyl sites for hydroxylation is 1. The predicted molar refractivity (Wildman–Crippen MR) is 84.1 cm³/mol. The van der Waals surface area contributed by atoms with Crippen LogP contribution < -0.4 is 14.8 Å². The molecule has 0 saturated heterocycles.